The van der Waals surface area contributed by atoms with Gasteiger partial charge in [-0.3, -0.25) is 0 Å². The molecule has 0 aliphatic heterocycles. The fourth-order valence-corrected chi connectivity index (χ4v) is 2.25. The topological polar surface area (TPSA) is 17.1 Å². The van der Waals surface area contributed by atoms with Crippen LogP contribution in [0.1, 0.15) is 30.5 Å². The van der Waals surface area contributed by atoms with Crippen LogP contribution in [-0.2, 0) is 24.1 Å². The zero-order valence-electron chi connectivity index (χ0n) is 8.84. The Labute approximate surface area is 85.1 Å². The summed E-state index contributed by atoms with van der Waals surface area (Å²) in [6, 6.07) is 6.61. The molecule has 0 saturated heterocycles. The Morgan fingerprint density at radius 2 is 2.07 bits per heavy atom. The molecule has 0 heterocycles. The Morgan fingerprint density at radius 1 is 1.36 bits per heavy atom. The van der Waals surface area contributed by atoms with Gasteiger partial charge in [0, 0.05) is 5.41 Å². The summed E-state index contributed by atoms with van der Waals surface area (Å²) in [4.78, 5) is 11.0. The minimum Gasteiger partial charge on any atom is -0.303 e. The number of aldehydes is 1. The molecule has 0 saturated carbocycles. The molecule has 1 unspecified atom stereocenters. The van der Waals surface area contributed by atoms with Crippen LogP contribution >= 0.6 is 0 Å². The fourth-order valence-electron chi connectivity index (χ4n) is 2.25. The minimum atomic E-state index is -0.144. The van der Waals surface area contributed by atoms with Gasteiger partial charge in [-0.1, -0.05) is 32.0 Å². The van der Waals surface area contributed by atoms with Gasteiger partial charge in [-0.25, -0.2) is 0 Å². The lowest BCUT2D eigenvalue weighted by atomic mass is 9.89. The van der Waals surface area contributed by atoms with E-state index in [1.807, 2.05) is 6.92 Å². The molecule has 0 aromatic heterocycles. The summed E-state index contributed by atoms with van der Waals surface area (Å²) in [5, 5.41) is 0. The van der Waals surface area contributed by atoms with E-state index in [0.29, 0.717) is 0 Å². The van der Waals surface area contributed by atoms with Crippen LogP contribution < -0.4 is 0 Å². The van der Waals surface area contributed by atoms with Gasteiger partial charge < -0.3 is 4.79 Å². The number of benzene rings is 1. The first-order valence-corrected chi connectivity index (χ1v) is 5.24. The van der Waals surface area contributed by atoms with Crippen LogP contribution in [0.25, 0.3) is 0 Å². The third-order valence-corrected chi connectivity index (χ3v) is 3.15. The van der Waals surface area contributed by atoms with Crippen molar-refractivity contribution >= 4 is 6.29 Å². The van der Waals surface area contributed by atoms with Gasteiger partial charge >= 0.3 is 0 Å². The van der Waals surface area contributed by atoms with Crippen molar-refractivity contribution in [2.24, 2.45) is 5.41 Å². The average Bonchev–Trinajstić information content (AvgIpc) is 2.54. The summed E-state index contributed by atoms with van der Waals surface area (Å²) in [7, 11) is 0. The Bertz CT molecular complexity index is 367. The second kappa shape index (κ2) is 3.23. The van der Waals surface area contributed by atoms with E-state index in [-0.39, 0.29) is 5.41 Å². The summed E-state index contributed by atoms with van der Waals surface area (Å²) in [6.07, 6.45) is 4.01. The van der Waals surface area contributed by atoms with Crippen molar-refractivity contribution in [3.05, 3.63) is 34.9 Å². The third kappa shape index (κ3) is 1.47. The Balaban J connectivity index is 2.35. The standard InChI is InChI=1S/C13H16O/c1-3-10-4-5-11-7-13(2,9-14)8-12(11)6-10/h4-6,9H,3,7-8H2,1-2H3. The maximum absolute atomic E-state index is 11.0. The Kier molecular flexibility index (Phi) is 2.18. The van der Waals surface area contributed by atoms with E-state index in [4.69, 9.17) is 0 Å². The van der Waals surface area contributed by atoms with Gasteiger partial charge in [0.2, 0.25) is 0 Å². The van der Waals surface area contributed by atoms with Crippen molar-refractivity contribution in [1.82, 2.24) is 0 Å². The van der Waals surface area contributed by atoms with Gasteiger partial charge in [-0.15, -0.1) is 0 Å². The lowest BCUT2D eigenvalue weighted by Gasteiger charge is -2.12. The lowest BCUT2D eigenvalue weighted by Crippen LogP contribution is -2.17. The molecule has 0 fully saturated rings. The maximum Gasteiger partial charge on any atom is 0.126 e. The number of hydrogen-bond acceptors (Lipinski definition) is 1. The molecule has 74 valence electrons. The predicted molar refractivity (Wildman–Crippen MR) is 57.4 cm³/mol. The lowest BCUT2D eigenvalue weighted by molar-refractivity contribution is -0.115. The molecule has 1 nitrogen and oxygen atoms in total. The van der Waals surface area contributed by atoms with Crippen LogP contribution in [0.15, 0.2) is 18.2 Å². The molecule has 1 aromatic rings. The maximum atomic E-state index is 11.0. The van der Waals surface area contributed by atoms with E-state index in [2.05, 4.69) is 25.1 Å². The largest absolute Gasteiger partial charge is 0.303 e. The number of carbonyl (C=O) groups excluding carboxylic acids is 1. The van der Waals surface area contributed by atoms with Gasteiger partial charge in [0.1, 0.15) is 6.29 Å². The van der Waals surface area contributed by atoms with Crippen molar-refractivity contribution in [1.29, 1.82) is 0 Å². The Morgan fingerprint density at radius 3 is 2.71 bits per heavy atom. The second-order valence-corrected chi connectivity index (χ2v) is 4.58. The zero-order chi connectivity index (χ0) is 10.2. The van der Waals surface area contributed by atoms with Crippen molar-refractivity contribution in [3.8, 4) is 0 Å². The molecule has 1 aliphatic rings. The first kappa shape index (κ1) is 9.45. The monoisotopic (exact) mass is 188 g/mol. The average molecular weight is 188 g/mol. The van der Waals surface area contributed by atoms with E-state index in [1.165, 1.54) is 16.7 Å². The SMILES string of the molecule is CCc1ccc2c(c1)CC(C)(C=O)C2. The van der Waals surface area contributed by atoms with Gasteiger partial charge in [0.15, 0.2) is 0 Å². The molecule has 0 N–H and O–H groups in total. The van der Waals surface area contributed by atoms with E-state index in [0.717, 1.165) is 25.5 Å². The molecule has 2 rings (SSSR count). The zero-order valence-corrected chi connectivity index (χ0v) is 8.84. The van der Waals surface area contributed by atoms with E-state index in [1.54, 1.807) is 0 Å². The molecule has 1 aliphatic carbocycles. The van der Waals surface area contributed by atoms with Crippen molar-refractivity contribution in [2.75, 3.05) is 0 Å². The molecule has 14 heavy (non-hydrogen) atoms. The highest BCUT2D eigenvalue weighted by molar-refractivity contribution is 5.63. The fraction of sp³-hybridized carbons (Fsp3) is 0.462. The first-order chi connectivity index (χ1) is 6.67. The van der Waals surface area contributed by atoms with Crippen molar-refractivity contribution < 1.29 is 4.79 Å². The van der Waals surface area contributed by atoms with Crippen LogP contribution in [0.2, 0.25) is 0 Å². The van der Waals surface area contributed by atoms with Crippen LogP contribution in [0.3, 0.4) is 0 Å². The summed E-state index contributed by atoms with van der Waals surface area (Å²) < 4.78 is 0. The molecular weight excluding hydrogens is 172 g/mol. The number of rotatable bonds is 2. The molecule has 0 spiro atoms. The quantitative estimate of drug-likeness (QED) is 0.652. The minimum absolute atomic E-state index is 0.144. The normalized spacial score (nSPS) is 24.7. The molecule has 0 bridgehead atoms. The smallest absolute Gasteiger partial charge is 0.126 e. The number of aryl methyl sites for hydroxylation is 1. The van der Waals surface area contributed by atoms with Gasteiger partial charge in [-0.05, 0) is 36.0 Å². The summed E-state index contributed by atoms with van der Waals surface area (Å²) in [5.74, 6) is 0. The summed E-state index contributed by atoms with van der Waals surface area (Å²) >= 11 is 0. The van der Waals surface area contributed by atoms with Gasteiger partial charge in [0.05, 0.1) is 0 Å². The summed E-state index contributed by atoms with van der Waals surface area (Å²) in [5.41, 5.74) is 3.96. The van der Waals surface area contributed by atoms with Crippen LogP contribution in [0.4, 0.5) is 0 Å². The van der Waals surface area contributed by atoms with Crippen LogP contribution in [-0.4, -0.2) is 6.29 Å². The number of carbonyl (C=O) groups is 1. The predicted octanol–water partition coefficient (Wildman–Crippen LogP) is 2.55. The molecule has 1 atom stereocenters. The van der Waals surface area contributed by atoms with Crippen molar-refractivity contribution in [3.63, 3.8) is 0 Å². The first-order valence-electron chi connectivity index (χ1n) is 5.24. The van der Waals surface area contributed by atoms with E-state index >= 15 is 0 Å². The highest BCUT2D eigenvalue weighted by Gasteiger charge is 2.32. The van der Waals surface area contributed by atoms with E-state index < -0.39 is 0 Å². The molecule has 1 aromatic carbocycles. The van der Waals surface area contributed by atoms with Crippen molar-refractivity contribution in [2.45, 2.75) is 33.1 Å². The Hall–Kier alpha value is -1.11. The van der Waals surface area contributed by atoms with Crippen LogP contribution in [0, 0.1) is 5.41 Å². The molecular formula is C13H16O. The summed E-state index contributed by atoms with van der Waals surface area (Å²) in [6.45, 7) is 4.21. The molecule has 1 heteroatoms. The molecule has 0 radical (unpaired) electrons. The molecule has 0 amide bonds. The van der Waals surface area contributed by atoms with Gasteiger partial charge in [0.25, 0.3) is 0 Å². The number of fused-ring (bicyclic) bond motifs is 1. The van der Waals surface area contributed by atoms with Gasteiger partial charge in [-0.2, -0.15) is 0 Å². The third-order valence-electron chi connectivity index (χ3n) is 3.15. The number of hydrogen-bond donors (Lipinski definition) is 0. The highest BCUT2D eigenvalue weighted by atomic mass is 16.1. The highest BCUT2D eigenvalue weighted by Crippen LogP contribution is 2.35. The van der Waals surface area contributed by atoms with Crippen LogP contribution in [0.5, 0.6) is 0 Å². The second-order valence-electron chi connectivity index (χ2n) is 4.58. The van der Waals surface area contributed by atoms with E-state index in [9.17, 15) is 4.79 Å².